The first-order valence-electron chi connectivity index (χ1n) is 7.89. The summed E-state index contributed by atoms with van der Waals surface area (Å²) in [5.41, 5.74) is 2.38. The zero-order valence-corrected chi connectivity index (χ0v) is 17.2. The summed E-state index contributed by atoms with van der Waals surface area (Å²) in [6, 6.07) is 10.7. The summed E-state index contributed by atoms with van der Waals surface area (Å²) in [7, 11) is 0. The maximum absolute atomic E-state index is 12.3. The van der Waals surface area contributed by atoms with Gasteiger partial charge in [-0.25, -0.2) is 4.98 Å². The van der Waals surface area contributed by atoms with E-state index < -0.39 is 0 Å². The number of amides is 1. The molecule has 1 aromatic heterocycles. The molecule has 0 radical (unpaired) electrons. The van der Waals surface area contributed by atoms with E-state index >= 15 is 0 Å². The van der Waals surface area contributed by atoms with Crippen LogP contribution in [0.1, 0.15) is 19.9 Å². The smallest absolute Gasteiger partial charge is 0.234 e. The first kappa shape index (κ1) is 19.4. The Balaban J connectivity index is 1.76. The van der Waals surface area contributed by atoms with Gasteiger partial charge in [0.15, 0.2) is 5.16 Å². The van der Waals surface area contributed by atoms with Crippen LogP contribution in [0.15, 0.2) is 41.6 Å². The predicted octanol–water partition coefficient (Wildman–Crippen LogP) is 6.31. The molecule has 0 atom stereocenters. The monoisotopic (exact) mass is 427 g/mol. The third kappa shape index (κ3) is 4.46. The lowest BCUT2D eigenvalue weighted by Crippen LogP contribution is -2.15. The number of aromatic nitrogens is 2. The van der Waals surface area contributed by atoms with Crippen molar-refractivity contribution in [2.45, 2.75) is 25.0 Å². The minimum Gasteiger partial charge on any atom is -0.325 e. The average Bonchev–Trinajstić information content (AvgIpc) is 2.89. The van der Waals surface area contributed by atoms with E-state index in [1.165, 1.54) is 11.8 Å². The minimum atomic E-state index is -0.159. The molecule has 2 aromatic carbocycles. The van der Waals surface area contributed by atoms with Crippen molar-refractivity contribution in [3.05, 3.63) is 51.5 Å². The third-order valence-electron chi connectivity index (χ3n) is 3.61. The number of hydrogen-bond acceptors (Lipinski definition) is 3. The Morgan fingerprint density at radius 3 is 2.46 bits per heavy atom. The maximum atomic E-state index is 12.3. The Morgan fingerprint density at radius 1 is 1.12 bits per heavy atom. The Morgan fingerprint density at radius 2 is 1.81 bits per heavy atom. The number of nitrogens with zero attached hydrogens (tertiary/aromatic N) is 2. The molecule has 1 N–H and O–H groups in total. The summed E-state index contributed by atoms with van der Waals surface area (Å²) in [4.78, 5) is 16.9. The Hall–Kier alpha value is -1.40. The number of rotatable bonds is 5. The molecule has 0 spiro atoms. The molecule has 1 amide bonds. The van der Waals surface area contributed by atoms with Crippen LogP contribution >= 0.6 is 46.6 Å². The zero-order chi connectivity index (χ0) is 18.8. The second-order valence-corrected chi connectivity index (χ2v) is 8.24. The number of hydrogen-bond donors (Lipinski definition) is 1. The molecule has 1 heterocycles. The molecular formula is C18H16Cl3N3OS. The maximum Gasteiger partial charge on any atom is 0.234 e. The molecule has 8 heteroatoms. The van der Waals surface area contributed by atoms with E-state index in [1.807, 2.05) is 18.2 Å². The topological polar surface area (TPSA) is 46.9 Å². The van der Waals surface area contributed by atoms with E-state index in [0.29, 0.717) is 20.8 Å². The fourth-order valence-electron chi connectivity index (χ4n) is 2.60. The molecule has 0 bridgehead atoms. The minimum absolute atomic E-state index is 0.159. The number of thioether (sulfide) groups is 1. The molecule has 0 aliphatic rings. The van der Waals surface area contributed by atoms with Crippen molar-refractivity contribution < 1.29 is 4.79 Å². The summed E-state index contributed by atoms with van der Waals surface area (Å²) in [5, 5.41) is 5.15. The molecule has 0 aliphatic carbocycles. The van der Waals surface area contributed by atoms with Gasteiger partial charge in [-0.1, -0.05) is 46.6 Å². The number of carbonyl (C=O) groups excluding carboxylic acids is 1. The van der Waals surface area contributed by atoms with Crippen molar-refractivity contribution in [1.82, 2.24) is 9.55 Å². The molecule has 136 valence electrons. The molecule has 3 aromatic rings. The fourth-order valence-corrected chi connectivity index (χ4v) is 4.24. The average molecular weight is 429 g/mol. The highest BCUT2D eigenvalue weighted by Gasteiger charge is 2.15. The molecule has 0 aliphatic heterocycles. The fraction of sp³-hybridized carbons (Fsp3) is 0.222. The normalized spacial score (nSPS) is 11.3. The van der Waals surface area contributed by atoms with Gasteiger partial charge in [-0.2, -0.15) is 0 Å². The summed E-state index contributed by atoms with van der Waals surface area (Å²) in [6.07, 6.45) is 0. The third-order valence-corrected chi connectivity index (χ3v) is 5.24. The summed E-state index contributed by atoms with van der Waals surface area (Å²) < 4.78 is 2.10. The highest BCUT2D eigenvalue weighted by atomic mass is 35.5. The van der Waals surface area contributed by atoms with Gasteiger partial charge in [0.1, 0.15) is 0 Å². The molecule has 0 saturated carbocycles. The van der Waals surface area contributed by atoms with Gasteiger partial charge in [0.05, 0.1) is 16.8 Å². The second-order valence-electron chi connectivity index (χ2n) is 5.99. The van der Waals surface area contributed by atoms with E-state index in [9.17, 15) is 4.79 Å². The van der Waals surface area contributed by atoms with Crippen LogP contribution in [0.25, 0.3) is 11.0 Å². The molecule has 3 rings (SSSR count). The summed E-state index contributed by atoms with van der Waals surface area (Å²) in [5.74, 6) is 0.0576. The quantitative estimate of drug-likeness (QED) is 0.484. The molecular weight excluding hydrogens is 413 g/mol. The number of halogens is 3. The lowest BCUT2D eigenvalue weighted by Gasteiger charge is -2.12. The van der Waals surface area contributed by atoms with Crippen LogP contribution in [0, 0.1) is 0 Å². The van der Waals surface area contributed by atoms with Gasteiger partial charge in [-0.05, 0) is 50.2 Å². The van der Waals surface area contributed by atoms with Gasteiger partial charge >= 0.3 is 0 Å². The molecule has 0 fully saturated rings. The van der Waals surface area contributed by atoms with Crippen molar-refractivity contribution in [2.24, 2.45) is 0 Å². The van der Waals surface area contributed by atoms with Gasteiger partial charge in [-0.15, -0.1) is 0 Å². The van der Waals surface area contributed by atoms with Crippen LogP contribution in [0.4, 0.5) is 5.69 Å². The summed E-state index contributed by atoms with van der Waals surface area (Å²) >= 11 is 19.3. The number of carbonyl (C=O) groups is 1. The van der Waals surface area contributed by atoms with Crippen molar-refractivity contribution in [2.75, 3.05) is 11.1 Å². The summed E-state index contributed by atoms with van der Waals surface area (Å²) in [6.45, 7) is 4.15. The van der Waals surface area contributed by atoms with Gasteiger partial charge in [0.25, 0.3) is 0 Å². The van der Waals surface area contributed by atoms with Crippen LogP contribution in [0.3, 0.4) is 0 Å². The van der Waals surface area contributed by atoms with Gasteiger partial charge in [0, 0.05) is 26.8 Å². The van der Waals surface area contributed by atoms with Crippen molar-refractivity contribution in [3.63, 3.8) is 0 Å². The number of anilines is 1. The molecule has 26 heavy (non-hydrogen) atoms. The van der Waals surface area contributed by atoms with Gasteiger partial charge in [-0.3, -0.25) is 4.79 Å². The second kappa shape index (κ2) is 8.09. The van der Waals surface area contributed by atoms with Crippen molar-refractivity contribution in [1.29, 1.82) is 0 Å². The van der Waals surface area contributed by atoms with Crippen LogP contribution in [-0.4, -0.2) is 21.2 Å². The van der Waals surface area contributed by atoms with Gasteiger partial charge in [0.2, 0.25) is 5.91 Å². The SMILES string of the molecule is CC(C)n1c(SCC(=O)Nc2cc(Cl)cc(Cl)c2)nc2cc(Cl)ccc21. The van der Waals surface area contributed by atoms with Gasteiger partial charge < -0.3 is 9.88 Å². The highest BCUT2D eigenvalue weighted by molar-refractivity contribution is 7.99. The van der Waals surface area contributed by atoms with Crippen molar-refractivity contribution >= 4 is 69.2 Å². The first-order chi connectivity index (χ1) is 12.3. The first-order valence-corrected chi connectivity index (χ1v) is 10.0. The molecule has 0 unspecified atom stereocenters. The van der Waals surface area contributed by atoms with E-state index in [4.69, 9.17) is 34.8 Å². The number of nitrogens with one attached hydrogen (secondary N) is 1. The van der Waals surface area contributed by atoms with Crippen molar-refractivity contribution in [3.8, 4) is 0 Å². The van der Waals surface area contributed by atoms with E-state index in [1.54, 1.807) is 18.2 Å². The van der Waals surface area contributed by atoms with E-state index in [0.717, 1.165) is 16.2 Å². The standard InChI is InChI=1S/C18H16Cl3N3OS/c1-10(2)24-16-4-3-11(19)8-15(16)23-18(24)26-9-17(25)22-14-6-12(20)5-13(21)7-14/h3-8,10H,9H2,1-2H3,(H,22,25). The number of imidazole rings is 1. The largest absolute Gasteiger partial charge is 0.325 e. The molecule has 4 nitrogen and oxygen atoms in total. The number of fused-ring (bicyclic) bond motifs is 1. The van der Waals surface area contributed by atoms with Crippen LogP contribution in [-0.2, 0) is 4.79 Å². The van der Waals surface area contributed by atoms with E-state index in [2.05, 4.69) is 28.7 Å². The van der Waals surface area contributed by atoms with E-state index in [-0.39, 0.29) is 17.7 Å². The lowest BCUT2D eigenvalue weighted by atomic mass is 10.3. The lowest BCUT2D eigenvalue weighted by molar-refractivity contribution is -0.113. The Bertz CT molecular complexity index is 951. The van der Waals surface area contributed by atoms with Crippen LogP contribution in [0.2, 0.25) is 15.1 Å². The Kier molecular flexibility index (Phi) is 6.03. The van der Waals surface area contributed by atoms with Crippen LogP contribution in [0.5, 0.6) is 0 Å². The predicted molar refractivity (Wildman–Crippen MR) is 111 cm³/mol. The Labute approximate surface area is 170 Å². The highest BCUT2D eigenvalue weighted by Crippen LogP contribution is 2.29. The number of benzene rings is 2. The molecule has 0 saturated heterocycles. The zero-order valence-electron chi connectivity index (χ0n) is 14.1. The van der Waals surface area contributed by atoms with Crippen LogP contribution < -0.4 is 5.32 Å².